The molecular weight excluding hydrogens is 224 g/mol. The van der Waals surface area contributed by atoms with Gasteiger partial charge in [0.15, 0.2) is 11.5 Å². The van der Waals surface area contributed by atoms with E-state index in [1.54, 1.807) is 6.07 Å². The molecule has 17 heavy (non-hydrogen) atoms. The number of fused-ring (bicyclic) bond motifs is 1. The lowest BCUT2D eigenvalue weighted by molar-refractivity contribution is 0.171. The number of nitrogens with zero attached hydrogens (tertiary/aromatic N) is 1. The Balaban J connectivity index is 2.18. The summed E-state index contributed by atoms with van der Waals surface area (Å²) in [4.78, 5) is 0. The summed E-state index contributed by atoms with van der Waals surface area (Å²) in [5.74, 6) is 1.31. The number of phenols is 1. The van der Waals surface area contributed by atoms with Crippen LogP contribution in [0.5, 0.6) is 17.2 Å². The first-order valence-corrected chi connectivity index (χ1v) is 5.09. The molecule has 0 fully saturated rings. The van der Waals surface area contributed by atoms with Crippen molar-refractivity contribution >= 4 is 5.88 Å². The molecule has 6 heteroatoms. The fraction of sp³-hybridized carbons (Fsp3) is 0.182. The minimum Gasteiger partial charge on any atom is -0.508 e. The lowest BCUT2D eigenvalue weighted by Gasteiger charge is -2.20. The van der Waals surface area contributed by atoms with E-state index in [9.17, 15) is 5.11 Å². The zero-order valence-electron chi connectivity index (χ0n) is 8.84. The van der Waals surface area contributed by atoms with Crippen LogP contribution in [-0.2, 0) is 0 Å². The quantitative estimate of drug-likeness (QED) is 0.775. The smallest absolute Gasteiger partial charge is 0.222 e. The highest BCUT2D eigenvalue weighted by Gasteiger charge is 2.20. The number of nitrogens with two attached hydrogens (primary N) is 1. The van der Waals surface area contributed by atoms with Gasteiger partial charge < -0.3 is 24.8 Å². The maximum Gasteiger partial charge on any atom is 0.222 e. The zero-order valence-corrected chi connectivity index (χ0v) is 8.84. The maximum absolute atomic E-state index is 9.61. The number of ether oxygens (including phenoxy) is 2. The fourth-order valence-corrected chi connectivity index (χ4v) is 1.75. The van der Waals surface area contributed by atoms with Crippen LogP contribution in [0, 0.1) is 0 Å². The monoisotopic (exact) mass is 234 g/mol. The number of hydrogen-bond acceptors (Lipinski definition) is 6. The lowest BCUT2D eigenvalue weighted by Crippen LogP contribution is -2.15. The van der Waals surface area contributed by atoms with Gasteiger partial charge in [0.1, 0.15) is 24.7 Å². The first kappa shape index (κ1) is 9.83. The van der Waals surface area contributed by atoms with E-state index in [1.165, 1.54) is 12.1 Å². The molecule has 6 nitrogen and oxygen atoms in total. The number of aromatic nitrogens is 1. The second-order valence-corrected chi connectivity index (χ2v) is 3.63. The second-order valence-electron chi connectivity index (χ2n) is 3.63. The first-order valence-electron chi connectivity index (χ1n) is 5.09. The molecule has 0 spiro atoms. The summed E-state index contributed by atoms with van der Waals surface area (Å²) < 4.78 is 15.7. The molecule has 88 valence electrons. The van der Waals surface area contributed by atoms with Gasteiger partial charge in [-0.2, -0.15) is 0 Å². The number of nitrogen functional groups attached to an aromatic ring is 1. The summed E-state index contributed by atoms with van der Waals surface area (Å²) in [6.07, 6.45) is 0. The van der Waals surface area contributed by atoms with Crippen LogP contribution >= 0.6 is 0 Å². The molecule has 0 saturated carbocycles. The van der Waals surface area contributed by atoms with Crippen molar-refractivity contribution in [3.05, 3.63) is 18.2 Å². The molecule has 0 bridgehead atoms. The van der Waals surface area contributed by atoms with Crippen LogP contribution in [0.25, 0.3) is 11.3 Å². The van der Waals surface area contributed by atoms with Gasteiger partial charge in [-0.25, -0.2) is 0 Å². The Hall–Kier alpha value is -2.37. The number of hydrogen-bond donors (Lipinski definition) is 2. The average molecular weight is 234 g/mol. The van der Waals surface area contributed by atoms with Crippen LogP contribution in [0.4, 0.5) is 5.88 Å². The predicted molar refractivity (Wildman–Crippen MR) is 59.0 cm³/mol. The zero-order chi connectivity index (χ0) is 11.8. The fourth-order valence-electron chi connectivity index (χ4n) is 1.75. The molecule has 2 aromatic rings. The molecular formula is C11H10N2O4. The largest absolute Gasteiger partial charge is 0.508 e. The highest BCUT2D eigenvalue weighted by atomic mass is 16.6. The van der Waals surface area contributed by atoms with Gasteiger partial charge in [-0.15, -0.1) is 0 Å². The highest BCUT2D eigenvalue weighted by molar-refractivity contribution is 5.74. The molecule has 1 aliphatic rings. The maximum atomic E-state index is 9.61. The van der Waals surface area contributed by atoms with Crippen molar-refractivity contribution in [3.63, 3.8) is 0 Å². The van der Waals surface area contributed by atoms with Crippen LogP contribution in [0.1, 0.15) is 0 Å². The number of phenolic OH excluding ortho intramolecular Hbond substituents is 1. The van der Waals surface area contributed by atoms with Crippen molar-refractivity contribution in [2.45, 2.75) is 0 Å². The van der Waals surface area contributed by atoms with Gasteiger partial charge in [0, 0.05) is 12.1 Å². The van der Waals surface area contributed by atoms with Gasteiger partial charge in [0.25, 0.3) is 0 Å². The van der Waals surface area contributed by atoms with Gasteiger partial charge in [0.2, 0.25) is 5.88 Å². The Bertz CT molecular complexity index is 565. The third-order valence-corrected chi connectivity index (χ3v) is 2.43. The summed E-state index contributed by atoms with van der Waals surface area (Å²) >= 11 is 0. The first-order chi connectivity index (χ1) is 8.24. The van der Waals surface area contributed by atoms with E-state index in [0.717, 1.165) is 0 Å². The van der Waals surface area contributed by atoms with Crippen molar-refractivity contribution < 1.29 is 19.1 Å². The van der Waals surface area contributed by atoms with E-state index in [0.29, 0.717) is 36.0 Å². The van der Waals surface area contributed by atoms with E-state index in [1.807, 2.05) is 0 Å². The molecule has 1 aliphatic heterocycles. The Morgan fingerprint density at radius 3 is 2.76 bits per heavy atom. The molecule has 2 heterocycles. The molecule has 0 saturated heterocycles. The summed E-state index contributed by atoms with van der Waals surface area (Å²) in [6, 6.07) is 4.60. The van der Waals surface area contributed by atoms with Gasteiger partial charge in [-0.1, -0.05) is 5.16 Å². The van der Waals surface area contributed by atoms with E-state index in [-0.39, 0.29) is 11.6 Å². The van der Waals surface area contributed by atoms with Crippen molar-refractivity contribution in [1.29, 1.82) is 0 Å². The van der Waals surface area contributed by atoms with Crippen LogP contribution in [0.15, 0.2) is 22.7 Å². The Kier molecular flexibility index (Phi) is 2.07. The van der Waals surface area contributed by atoms with Crippen LogP contribution in [0.3, 0.4) is 0 Å². The summed E-state index contributed by atoms with van der Waals surface area (Å²) in [5, 5.41) is 13.4. The Morgan fingerprint density at radius 1 is 1.18 bits per heavy atom. The van der Waals surface area contributed by atoms with E-state index in [2.05, 4.69) is 5.16 Å². The number of rotatable bonds is 1. The summed E-state index contributed by atoms with van der Waals surface area (Å²) in [6.45, 7) is 0.912. The SMILES string of the molecule is Nc1cc(-c2cc(O)cc3c2OCCO3)no1. The average Bonchev–Trinajstić information content (AvgIpc) is 2.74. The van der Waals surface area contributed by atoms with Crippen molar-refractivity contribution in [2.24, 2.45) is 0 Å². The molecule has 3 N–H and O–H groups in total. The van der Waals surface area contributed by atoms with Crippen LogP contribution < -0.4 is 15.2 Å². The molecule has 0 radical (unpaired) electrons. The summed E-state index contributed by atoms with van der Waals surface area (Å²) in [5.41, 5.74) is 6.56. The van der Waals surface area contributed by atoms with Crippen molar-refractivity contribution in [2.75, 3.05) is 18.9 Å². The minimum absolute atomic E-state index is 0.0748. The van der Waals surface area contributed by atoms with Crippen LogP contribution in [0.2, 0.25) is 0 Å². The van der Waals surface area contributed by atoms with E-state index < -0.39 is 0 Å². The standard InChI is InChI=1S/C11H10N2O4/c12-10-5-8(13-17-10)7-3-6(14)4-9-11(7)16-2-1-15-9/h3-5,14H,1-2,12H2. The molecule has 1 aromatic heterocycles. The lowest BCUT2D eigenvalue weighted by atomic mass is 10.1. The number of benzene rings is 1. The topological polar surface area (TPSA) is 90.7 Å². The van der Waals surface area contributed by atoms with Gasteiger partial charge in [-0.05, 0) is 6.07 Å². The third-order valence-electron chi connectivity index (χ3n) is 2.43. The van der Waals surface area contributed by atoms with Crippen LogP contribution in [-0.4, -0.2) is 23.5 Å². The third kappa shape index (κ3) is 1.63. The van der Waals surface area contributed by atoms with E-state index in [4.69, 9.17) is 19.7 Å². The van der Waals surface area contributed by atoms with E-state index >= 15 is 0 Å². The van der Waals surface area contributed by atoms with Crippen molar-refractivity contribution in [1.82, 2.24) is 5.16 Å². The van der Waals surface area contributed by atoms with Crippen molar-refractivity contribution in [3.8, 4) is 28.5 Å². The number of aromatic hydroxyl groups is 1. The Morgan fingerprint density at radius 2 is 2.00 bits per heavy atom. The van der Waals surface area contributed by atoms with Gasteiger partial charge in [0.05, 0.1) is 5.56 Å². The Labute approximate surface area is 96.5 Å². The minimum atomic E-state index is 0.0748. The molecule has 0 aliphatic carbocycles. The molecule has 0 atom stereocenters. The second kappa shape index (κ2) is 3.58. The molecule has 1 aromatic carbocycles. The van der Waals surface area contributed by atoms with Gasteiger partial charge >= 0.3 is 0 Å². The summed E-state index contributed by atoms with van der Waals surface area (Å²) in [7, 11) is 0. The normalized spacial score (nSPS) is 13.6. The molecule has 0 amide bonds. The van der Waals surface area contributed by atoms with Gasteiger partial charge in [-0.3, -0.25) is 0 Å². The molecule has 3 rings (SSSR count). The number of anilines is 1. The highest BCUT2D eigenvalue weighted by Crippen LogP contribution is 2.42. The predicted octanol–water partition coefficient (Wildman–Crippen LogP) is 1.40. The molecule has 0 unspecified atom stereocenters.